The first-order chi connectivity index (χ1) is 12.6. The van der Waals surface area contributed by atoms with E-state index in [0.717, 1.165) is 32.5 Å². The number of rotatable bonds is 5. The third-order valence-corrected chi connectivity index (χ3v) is 4.99. The summed E-state index contributed by atoms with van der Waals surface area (Å²) in [6.45, 7) is 2.75. The molecule has 2 aromatic rings. The number of methoxy groups -OCH3 is 1. The van der Waals surface area contributed by atoms with Gasteiger partial charge in [-0.3, -0.25) is 9.69 Å². The summed E-state index contributed by atoms with van der Waals surface area (Å²) in [5.74, 6) is -0.292. The summed E-state index contributed by atoms with van der Waals surface area (Å²) in [5.41, 5.74) is 1.38. The van der Waals surface area contributed by atoms with E-state index in [1.54, 1.807) is 0 Å². The van der Waals surface area contributed by atoms with Gasteiger partial charge in [0.2, 0.25) is 0 Å². The Labute approximate surface area is 158 Å². The average molecular weight is 375 g/mol. The molecule has 1 fully saturated rings. The molecule has 0 atom stereocenters. The summed E-state index contributed by atoms with van der Waals surface area (Å²) in [6.07, 6.45) is 1.73. The van der Waals surface area contributed by atoms with E-state index in [9.17, 15) is 9.90 Å². The number of ether oxygens (including phenoxy) is 1. The normalized spacial score (nSPS) is 15.6. The molecule has 0 radical (unpaired) electrons. The van der Waals surface area contributed by atoms with Gasteiger partial charge in [-0.1, -0.05) is 41.9 Å². The zero-order valence-electron chi connectivity index (χ0n) is 14.7. The standard InChI is InChI=1S/C20H23ClN2O3/c1-26-19-16(21)7-8-17(24)18(19)20(25)22-15-9-11-23(12-10-15)13-14-5-3-2-4-6-14/h2-8,15,24H,9-13H2,1H3,(H,22,25). The minimum atomic E-state index is -0.358. The van der Waals surface area contributed by atoms with Gasteiger partial charge in [0.25, 0.3) is 5.91 Å². The number of benzene rings is 2. The second-order valence-corrected chi connectivity index (χ2v) is 6.89. The molecule has 0 saturated carbocycles. The zero-order valence-corrected chi connectivity index (χ0v) is 15.5. The number of piperidine rings is 1. The lowest BCUT2D eigenvalue weighted by Crippen LogP contribution is -2.44. The third kappa shape index (κ3) is 4.29. The van der Waals surface area contributed by atoms with Crippen molar-refractivity contribution in [2.45, 2.75) is 25.4 Å². The van der Waals surface area contributed by atoms with Crippen molar-refractivity contribution in [3.05, 3.63) is 58.6 Å². The van der Waals surface area contributed by atoms with Crippen LogP contribution in [-0.4, -0.2) is 42.2 Å². The van der Waals surface area contributed by atoms with Gasteiger partial charge in [0.15, 0.2) is 5.75 Å². The molecule has 0 bridgehead atoms. The van der Waals surface area contributed by atoms with Gasteiger partial charge in [0, 0.05) is 25.7 Å². The van der Waals surface area contributed by atoms with E-state index in [4.69, 9.17) is 16.3 Å². The summed E-state index contributed by atoms with van der Waals surface area (Å²) >= 11 is 6.06. The van der Waals surface area contributed by atoms with Gasteiger partial charge < -0.3 is 15.2 Å². The molecule has 1 aliphatic rings. The summed E-state index contributed by atoms with van der Waals surface area (Å²) in [7, 11) is 1.43. The SMILES string of the molecule is COc1c(Cl)ccc(O)c1C(=O)NC1CCN(Cc2ccccc2)CC1. The molecule has 2 aromatic carbocycles. The van der Waals surface area contributed by atoms with Gasteiger partial charge in [-0.2, -0.15) is 0 Å². The number of amides is 1. The first-order valence-corrected chi connectivity index (χ1v) is 9.09. The summed E-state index contributed by atoms with van der Waals surface area (Å²) in [4.78, 5) is 15.0. The van der Waals surface area contributed by atoms with Crippen molar-refractivity contribution >= 4 is 17.5 Å². The van der Waals surface area contributed by atoms with E-state index >= 15 is 0 Å². The molecule has 6 heteroatoms. The molecule has 0 aliphatic carbocycles. The second-order valence-electron chi connectivity index (χ2n) is 6.48. The summed E-state index contributed by atoms with van der Waals surface area (Å²) in [5, 5.41) is 13.3. The van der Waals surface area contributed by atoms with Gasteiger partial charge in [0.1, 0.15) is 11.3 Å². The maximum Gasteiger partial charge on any atom is 0.259 e. The number of aromatic hydroxyl groups is 1. The molecule has 2 N–H and O–H groups in total. The number of carbonyl (C=O) groups excluding carboxylic acids is 1. The van der Waals surface area contributed by atoms with Crippen LogP contribution in [0, 0.1) is 0 Å². The number of nitrogens with one attached hydrogen (secondary N) is 1. The monoisotopic (exact) mass is 374 g/mol. The first-order valence-electron chi connectivity index (χ1n) is 8.71. The number of hydrogen-bond donors (Lipinski definition) is 2. The molecule has 138 valence electrons. The predicted octanol–water partition coefficient (Wildman–Crippen LogP) is 3.45. The molecule has 26 heavy (non-hydrogen) atoms. The van der Waals surface area contributed by atoms with Gasteiger partial charge >= 0.3 is 0 Å². The predicted molar refractivity (Wildman–Crippen MR) is 102 cm³/mol. The van der Waals surface area contributed by atoms with Crippen LogP contribution in [0.15, 0.2) is 42.5 Å². The van der Waals surface area contributed by atoms with Crippen molar-refractivity contribution in [1.82, 2.24) is 10.2 Å². The highest BCUT2D eigenvalue weighted by Crippen LogP contribution is 2.34. The van der Waals surface area contributed by atoms with Crippen LogP contribution in [0.5, 0.6) is 11.5 Å². The van der Waals surface area contributed by atoms with Gasteiger partial charge in [-0.15, -0.1) is 0 Å². The Morgan fingerprint density at radius 3 is 2.58 bits per heavy atom. The third-order valence-electron chi connectivity index (χ3n) is 4.69. The molecule has 1 saturated heterocycles. The second kappa shape index (κ2) is 8.43. The van der Waals surface area contributed by atoms with Crippen LogP contribution in [0.2, 0.25) is 5.02 Å². The van der Waals surface area contributed by atoms with Crippen LogP contribution in [0.25, 0.3) is 0 Å². The minimum Gasteiger partial charge on any atom is -0.507 e. The van der Waals surface area contributed by atoms with Crippen molar-refractivity contribution < 1.29 is 14.6 Å². The Balaban J connectivity index is 1.58. The Morgan fingerprint density at radius 2 is 1.92 bits per heavy atom. The van der Waals surface area contributed by atoms with Crippen molar-refractivity contribution in [1.29, 1.82) is 0 Å². The zero-order chi connectivity index (χ0) is 18.5. The van der Waals surface area contributed by atoms with Crippen LogP contribution in [0.4, 0.5) is 0 Å². The molecule has 1 aliphatic heterocycles. The molecular formula is C20H23ClN2O3. The van der Waals surface area contributed by atoms with E-state index < -0.39 is 0 Å². The Bertz CT molecular complexity index is 759. The summed E-state index contributed by atoms with van der Waals surface area (Å²) in [6, 6.07) is 13.4. The molecule has 0 aromatic heterocycles. The molecular weight excluding hydrogens is 352 g/mol. The highest BCUT2D eigenvalue weighted by Gasteiger charge is 2.25. The largest absolute Gasteiger partial charge is 0.507 e. The van der Waals surface area contributed by atoms with Crippen molar-refractivity contribution in [2.24, 2.45) is 0 Å². The number of halogens is 1. The van der Waals surface area contributed by atoms with E-state index in [-0.39, 0.29) is 29.0 Å². The Hall–Kier alpha value is -2.24. The number of hydrogen-bond acceptors (Lipinski definition) is 4. The van der Waals surface area contributed by atoms with Gasteiger partial charge in [-0.25, -0.2) is 0 Å². The number of phenols is 1. The number of carbonyl (C=O) groups is 1. The molecule has 0 unspecified atom stereocenters. The van der Waals surface area contributed by atoms with E-state index in [1.165, 1.54) is 24.8 Å². The van der Waals surface area contributed by atoms with E-state index in [2.05, 4.69) is 22.3 Å². The Kier molecular flexibility index (Phi) is 6.01. The Morgan fingerprint density at radius 1 is 1.23 bits per heavy atom. The molecule has 0 spiro atoms. The topological polar surface area (TPSA) is 61.8 Å². The molecule has 3 rings (SSSR count). The molecule has 1 heterocycles. The van der Waals surface area contributed by atoms with E-state index in [0.29, 0.717) is 5.02 Å². The van der Waals surface area contributed by atoms with Gasteiger partial charge in [-0.05, 0) is 30.5 Å². The average Bonchev–Trinajstić information content (AvgIpc) is 2.65. The lowest BCUT2D eigenvalue weighted by atomic mass is 10.0. The van der Waals surface area contributed by atoms with Crippen LogP contribution >= 0.6 is 11.6 Å². The minimum absolute atomic E-state index is 0.0672. The molecule has 5 nitrogen and oxygen atoms in total. The highest BCUT2D eigenvalue weighted by molar-refractivity contribution is 6.32. The fourth-order valence-corrected chi connectivity index (χ4v) is 3.54. The number of phenolic OH excluding ortho intramolecular Hbond substituents is 1. The number of nitrogens with zero attached hydrogens (tertiary/aromatic N) is 1. The van der Waals surface area contributed by atoms with Crippen LogP contribution in [0.3, 0.4) is 0 Å². The highest BCUT2D eigenvalue weighted by atomic mass is 35.5. The quantitative estimate of drug-likeness (QED) is 0.841. The lowest BCUT2D eigenvalue weighted by molar-refractivity contribution is 0.0903. The van der Waals surface area contributed by atoms with Gasteiger partial charge in [0.05, 0.1) is 12.1 Å². The lowest BCUT2D eigenvalue weighted by Gasteiger charge is -2.32. The van der Waals surface area contributed by atoms with Crippen LogP contribution in [-0.2, 0) is 6.54 Å². The maximum atomic E-state index is 12.6. The molecule has 1 amide bonds. The van der Waals surface area contributed by atoms with Crippen molar-refractivity contribution in [2.75, 3.05) is 20.2 Å². The van der Waals surface area contributed by atoms with Crippen molar-refractivity contribution in [3.8, 4) is 11.5 Å². The smallest absolute Gasteiger partial charge is 0.259 e. The fourth-order valence-electron chi connectivity index (χ4n) is 3.30. The van der Waals surface area contributed by atoms with Crippen molar-refractivity contribution in [3.63, 3.8) is 0 Å². The van der Waals surface area contributed by atoms with Crippen LogP contribution in [0.1, 0.15) is 28.8 Å². The number of likely N-dealkylation sites (tertiary alicyclic amines) is 1. The first kappa shape index (κ1) is 18.5. The van der Waals surface area contributed by atoms with E-state index in [1.807, 2.05) is 18.2 Å². The summed E-state index contributed by atoms with van der Waals surface area (Å²) < 4.78 is 5.19. The fraction of sp³-hybridized carbons (Fsp3) is 0.350. The maximum absolute atomic E-state index is 12.6. The van der Waals surface area contributed by atoms with Crippen LogP contribution < -0.4 is 10.1 Å².